The Balaban J connectivity index is 1.66. The Hall–Kier alpha value is -2.08. The number of rotatable bonds is 4. The fraction of sp³-hybridized carbons (Fsp3) is 0.579. The first-order chi connectivity index (χ1) is 11.8. The van der Waals surface area contributed by atoms with E-state index < -0.39 is 12.1 Å². The van der Waals surface area contributed by atoms with Crippen LogP contribution in [-0.4, -0.2) is 18.2 Å². The Labute approximate surface area is 148 Å². The summed E-state index contributed by atoms with van der Waals surface area (Å²) in [5, 5.41) is 4.23. The van der Waals surface area contributed by atoms with Crippen molar-refractivity contribution in [2.24, 2.45) is 11.3 Å². The van der Waals surface area contributed by atoms with Crippen molar-refractivity contribution < 1.29 is 29.1 Å². The minimum Gasteiger partial charge on any atom is -0.429 e. The van der Waals surface area contributed by atoms with Crippen molar-refractivity contribution >= 4 is 12.1 Å². The summed E-state index contributed by atoms with van der Waals surface area (Å²) in [6.45, 7) is 8.58. The van der Waals surface area contributed by atoms with E-state index in [2.05, 4.69) is 35.6 Å². The van der Waals surface area contributed by atoms with Crippen LogP contribution >= 0.6 is 0 Å². The Morgan fingerprint density at radius 2 is 1.56 bits per heavy atom. The number of benzene rings is 1. The van der Waals surface area contributed by atoms with Crippen LogP contribution in [0.4, 0.5) is 4.79 Å². The van der Waals surface area contributed by atoms with E-state index in [0.29, 0.717) is 11.5 Å². The normalized spacial score (nSPS) is 20.6. The van der Waals surface area contributed by atoms with Gasteiger partial charge in [0, 0.05) is 0 Å². The molecule has 0 amide bonds. The second-order valence-electron chi connectivity index (χ2n) is 7.60. The van der Waals surface area contributed by atoms with Gasteiger partial charge in [-0.25, -0.2) is 14.5 Å². The third kappa shape index (κ3) is 6.05. The van der Waals surface area contributed by atoms with Gasteiger partial charge in [-0.3, -0.25) is 4.89 Å². The predicted octanol–water partition coefficient (Wildman–Crippen LogP) is 4.76. The van der Waals surface area contributed by atoms with Gasteiger partial charge in [-0.05, 0) is 56.1 Å². The average molecular weight is 350 g/mol. The molecule has 6 heteroatoms. The minimum absolute atomic E-state index is 0.192. The number of aryl methyl sites for hydroxylation is 1. The molecule has 0 unspecified atom stereocenters. The number of hydrogen-bond acceptors (Lipinski definition) is 6. The van der Waals surface area contributed by atoms with Crippen LogP contribution in [-0.2, 0) is 19.6 Å². The molecule has 6 nitrogen and oxygen atoms in total. The molecular formula is C19H26O6. The average Bonchev–Trinajstić information content (AvgIpc) is 2.55. The summed E-state index contributed by atoms with van der Waals surface area (Å²) in [6.07, 6.45) is 2.40. The molecule has 1 saturated carbocycles. The van der Waals surface area contributed by atoms with E-state index in [1.165, 1.54) is 0 Å². The third-order valence-electron chi connectivity index (χ3n) is 4.66. The maximum atomic E-state index is 11.7. The lowest BCUT2D eigenvalue weighted by Gasteiger charge is -2.36. The molecule has 0 radical (unpaired) electrons. The van der Waals surface area contributed by atoms with Crippen LogP contribution in [0.25, 0.3) is 0 Å². The van der Waals surface area contributed by atoms with Crippen molar-refractivity contribution in [2.75, 3.05) is 0 Å². The van der Waals surface area contributed by atoms with Gasteiger partial charge < -0.3 is 4.74 Å². The van der Waals surface area contributed by atoms with E-state index in [1.807, 2.05) is 6.92 Å². The zero-order valence-electron chi connectivity index (χ0n) is 15.2. The smallest absolute Gasteiger partial charge is 0.429 e. The summed E-state index contributed by atoms with van der Waals surface area (Å²) in [5.74, 6) is -0.131. The quantitative estimate of drug-likeness (QED) is 0.443. The highest BCUT2D eigenvalue weighted by Gasteiger charge is 2.31. The topological polar surface area (TPSA) is 71.1 Å². The van der Waals surface area contributed by atoms with E-state index in [1.54, 1.807) is 24.3 Å². The van der Waals surface area contributed by atoms with Gasteiger partial charge in [0.1, 0.15) is 6.10 Å². The minimum atomic E-state index is -1.00. The van der Waals surface area contributed by atoms with Gasteiger partial charge in [0.15, 0.2) is 0 Å². The van der Waals surface area contributed by atoms with Crippen LogP contribution < -0.4 is 0 Å². The summed E-state index contributed by atoms with van der Waals surface area (Å²) in [7, 11) is 0. The molecule has 138 valence electrons. The molecule has 1 aliphatic rings. The number of carbonyl (C=O) groups excluding carboxylic acids is 2. The first-order valence-corrected chi connectivity index (χ1v) is 8.58. The third-order valence-corrected chi connectivity index (χ3v) is 4.66. The van der Waals surface area contributed by atoms with Crippen LogP contribution in [0.3, 0.4) is 0 Å². The van der Waals surface area contributed by atoms with Crippen LogP contribution in [0.2, 0.25) is 0 Å². The zero-order chi connectivity index (χ0) is 18.4. The molecule has 0 spiro atoms. The first kappa shape index (κ1) is 19.2. The second-order valence-corrected chi connectivity index (χ2v) is 7.60. The summed E-state index contributed by atoms with van der Waals surface area (Å²) >= 11 is 0. The lowest BCUT2D eigenvalue weighted by Crippen LogP contribution is -2.30. The Bertz CT molecular complexity index is 579. The summed E-state index contributed by atoms with van der Waals surface area (Å²) < 4.78 is 5.18. The summed E-state index contributed by atoms with van der Waals surface area (Å²) in [5.41, 5.74) is 1.57. The number of hydrogen-bond donors (Lipinski definition) is 0. The van der Waals surface area contributed by atoms with Gasteiger partial charge in [0.2, 0.25) is 0 Å². The molecule has 0 bridgehead atoms. The van der Waals surface area contributed by atoms with E-state index in [-0.39, 0.29) is 11.5 Å². The van der Waals surface area contributed by atoms with Gasteiger partial charge in [0.25, 0.3) is 0 Å². The van der Waals surface area contributed by atoms with Crippen molar-refractivity contribution in [3.05, 3.63) is 35.4 Å². The predicted molar refractivity (Wildman–Crippen MR) is 90.4 cm³/mol. The molecular weight excluding hydrogens is 324 g/mol. The molecule has 0 aromatic heterocycles. The summed E-state index contributed by atoms with van der Waals surface area (Å²) in [6, 6.07) is 6.71. The molecule has 0 saturated heterocycles. The van der Waals surface area contributed by atoms with E-state index >= 15 is 0 Å². The van der Waals surface area contributed by atoms with Crippen molar-refractivity contribution in [3.63, 3.8) is 0 Å². The maximum Gasteiger partial charge on any atom is 0.543 e. The van der Waals surface area contributed by atoms with Gasteiger partial charge in [0.05, 0.1) is 10.6 Å². The van der Waals surface area contributed by atoms with Crippen LogP contribution in [0, 0.1) is 18.3 Å². The highest BCUT2D eigenvalue weighted by atomic mass is 17.5. The summed E-state index contributed by atoms with van der Waals surface area (Å²) in [4.78, 5) is 32.0. The van der Waals surface area contributed by atoms with E-state index in [0.717, 1.165) is 31.2 Å². The lowest BCUT2D eigenvalue weighted by molar-refractivity contribution is -0.453. The number of ether oxygens (including phenoxy) is 1. The Morgan fingerprint density at radius 3 is 2.12 bits per heavy atom. The SMILES string of the molecule is Cc1ccc(C(=O)OOOC(=O)OC2CCC(C(C)(C)C)CC2)cc1. The van der Waals surface area contributed by atoms with Crippen molar-refractivity contribution in [3.8, 4) is 0 Å². The zero-order valence-corrected chi connectivity index (χ0v) is 15.2. The van der Waals surface area contributed by atoms with E-state index in [4.69, 9.17) is 4.74 Å². The fourth-order valence-electron chi connectivity index (χ4n) is 3.02. The molecule has 0 N–H and O–H groups in total. The highest BCUT2D eigenvalue weighted by Crippen LogP contribution is 2.38. The van der Waals surface area contributed by atoms with Gasteiger partial charge in [-0.15, -0.1) is 0 Å². The van der Waals surface area contributed by atoms with Gasteiger partial charge in [-0.2, -0.15) is 0 Å². The van der Waals surface area contributed by atoms with E-state index in [9.17, 15) is 9.59 Å². The van der Waals surface area contributed by atoms with Crippen molar-refractivity contribution in [1.29, 1.82) is 0 Å². The highest BCUT2D eigenvalue weighted by molar-refractivity contribution is 5.88. The van der Waals surface area contributed by atoms with Crippen molar-refractivity contribution in [2.45, 2.75) is 59.5 Å². The molecule has 1 aromatic carbocycles. The maximum absolute atomic E-state index is 11.7. The fourth-order valence-corrected chi connectivity index (χ4v) is 3.02. The van der Waals surface area contributed by atoms with Crippen LogP contribution in [0.1, 0.15) is 62.4 Å². The molecule has 1 aromatic rings. The molecule has 0 atom stereocenters. The first-order valence-electron chi connectivity index (χ1n) is 8.58. The Morgan fingerprint density at radius 1 is 0.960 bits per heavy atom. The molecule has 0 aliphatic heterocycles. The Kier molecular flexibility index (Phi) is 6.42. The molecule has 2 rings (SSSR count). The van der Waals surface area contributed by atoms with Crippen LogP contribution in [0.15, 0.2) is 24.3 Å². The molecule has 1 aliphatic carbocycles. The number of carbonyl (C=O) groups is 2. The van der Waals surface area contributed by atoms with Gasteiger partial charge in [-0.1, -0.05) is 38.5 Å². The molecule has 25 heavy (non-hydrogen) atoms. The lowest BCUT2D eigenvalue weighted by atomic mass is 9.72. The second kappa shape index (κ2) is 8.34. The standard InChI is InChI=1S/C19H26O6/c1-13-5-7-14(8-6-13)17(20)23-25-24-18(21)22-16-11-9-15(10-12-16)19(2,3)4/h5-8,15-16H,9-12H2,1-4H3. The largest absolute Gasteiger partial charge is 0.543 e. The molecule has 1 fully saturated rings. The monoisotopic (exact) mass is 350 g/mol. The molecule has 0 heterocycles. The van der Waals surface area contributed by atoms with Crippen LogP contribution in [0.5, 0.6) is 0 Å². The van der Waals surface area contributed by atoms with Gasteiger partial charge >= 0.3 is 12.1 Å². The van der Waals surface area contributed by atoms with Crippen molar-refractivity contribution in [1.82, 2.24) is 0 Å².